The first-order valence-corrected chi connectivity index (χ1v) is 8.97. The summed E-state index contributed by atoms with van der Waals surface area (Å²) in [7, 11) is 2.18. The summed E-state index contributed by atoms with van der Waals surface area (Å²) in [6, 6.07) is 0.630. The molecule has 0 heterocycles. The van der Waals surface area contributed by atoms with E-state index in [0.29, 0.717) is 6.04 Å². The normalized spacial score (nSPS) is 16.1. The van der Waals surface area contributed by atoms with Crippen LogP contribution in [0.2, 0.25) is 0 Å². The van der Waals surface area contributed by atoms with E-state index < -0.39 is 0 Å². The van der Waals surface area contributed by atoms with Gasteiger partial charge in [-0.05, 0) is 52.5 Å². The van der Waals surface area contributed by atoms with Gasteiger partial charge in [0.05, 0.1) is 0 Å². The number of likely N-dealkylation sites (N-methyl/N-ethyl adjacent to an activating group) is 1. The van der Waals surface area contributed by atoms with Gasteiger partial charge in [0.1, 0.15) is 0 Å². The molecule has 0 aromatic heterocycles. The monoisotopic (exact) mass is 440 g/mol. The average molecular weight is 440 g/mol. The van der Waals surface area contributed by atoms with Crippen molar-refractivity contribution in [3.8, 4) is 0 Å². The third-order valence-electron chi connectivity index (χ3n) is 4.21. The van der Waals surface area contributed by atoms with Crippen LogP contribution in [0.4, 0.5) is 0 Å². The Morgan fingerprint density at radius 2 is 2.04 bits per heavy atom. The van der Waals surface area contributed by atoms with E-state index in [1.165, 1.54) is 19.3 Å². The molecular formula is C17H37IN4O. The van der Waals surface area contributed by atoms with E-state index in [1.807, 2.05) is 0 Å². The molecule has 0 radical (unpaired) electrons. The third kappa shape index (κ3) is 12.0. The molecular weight excluding hydrogens is 403 g/mol. The Morgan fingerprint density at radius 3 is 2.65 bits per heavy atom. The van der Waals surface area contributed by atoms with Gasteiger partial charge in [0, 0.05) is 45.4 Å². The molecule has 0 aromatic carbocycles. The maximum absolute atomic E-state index is 5.63. The molecule has 1 fully saturated rings. The predicted octanol–water partition coefficient (Wildman–Crippen LogP) is 2.71. The second-order valence-electron chi connectivity index (χ2n) is 6.30. The van der Waals surface area contributed by atoms with Gasteiger partial charge in [0.25, 0.3) is 0 Å². The van der Waals surface area contributed by atoms with E-state index >= 15 is 0 Å². The van der Waals surface area contributed by atoms with Crippen molar-refractivity contribution in [1.29, 1.82) is 0 Å². The lowest BCUT2D eigenvalue weighted by Crippen LogP contribution is -2.42. The Kier molecular flexibility index (Phi) is 14.2. The molecule has 0 spiro atoms. The van der Waals surface area contributed by atoms with Crippen molar-refractivity contribution in [2.75, 3.05) is 46.4 Å². The number of nitrogens with zero attached hydrogens (tertiary/aromatic N) is 2. The lowest BCUT2D eigenvalue weighted by Gasteiger charge is -2.24. The Bertz CT molecular complexity index is 311. The van der Waals surface area contributed by atoms with Crippen LogP contribution >= 0.6 is 24.0 Å². The predicted molar refractivity (Wildman–Crippen MR) is 110 cm³/mol. The van der Waals surface area contributed by atoms with Crippen LogP contribution in [-0.2, 0) is 4.74 Å². The molecule has 0 aromatic rings. The fourth-order valence-electron chi connectivity index (χ4n) is 2.12. The van der Waals surface area contributed by atoms with E-state index in [2.05, 4.69) is 48.3 Å². The van der Waals surface area contributed by atoms with E-state index in [0.717, 1.165) is 57.7 Å². The molecule has 1 aliphatic carbocycles. The second-order valence-corrected chi connectivity index (χ2v) is 6.30. The highest BCUT2D eigenvalue weighted by Gasteiger charge is 2.20. The Balaban J connectivity index is 0.00000484. The summed E-state index contributed by atoms with van der Waals surface area (Å²) in [4.78, 5) is 6.98. The van der Waals surface area contributed by atoms with E-state index in [-0.39, 0.29) is 24.0 Å². The summed E-state index contributed by atoms with van der Waals surface area (Å²) in [6.07, 6.45) is 4.90. The summed E-state index contributed by atoms with van der Waals surface area (Å²) < 4.78 is 5.63. The number of halogens is 1. The molecule has 0 amide bonds. The average Bonchev–Trinajstić information content (AvgIpc) is 3.33. The fourth-order valence-corrected chi connectivity index (χ4v) is 2.12. The van der Waals surface area contributed by atoms with Crippen molar-refractivity contribution in [2.45, 2.75) is 52.5 Å². The van der Waals surface area contributed by atoms with Crippen LogP contribution in [0, 0.1) is 5.92 Å². The highest BCUT2D eigenvalue weighted by atomic mass is 127. The van der Waals surface area contributed by atoms with Crippen LogP contribution < -0.4 is 10.6 Å². The molecule has 0 aliphatic heterocycles. The highest BCUT2D eigenvalue weighted by Crippen LogP contribution is 2.28. The minimum Gasteiger partial charge on any atom is -0.381 e. The molecule has 2 N–H and O–H groups in total. The van der Waals surface area contributed by atoms with Crippen molar-refractivity contribution < 1.29 is 4.74 Å². The minimum atomic E-state index is 0. The van der Waals surface area contributed by atoms with Gasteiger partial charge >= 0.3 is 0 Å². The number of aliphatic imine (C=N–C) groups is 1. The molecule has 5 nitrogen and oxygen atoms in total. The third-order valence-corrected chi connectivity index (χ3v) is 4.21. The first kappa shape index (κ1) is 22.9. The minimum absolute atomic E-state index is 0. The van der Waals surface area contributed by atoms with Gasteiger partial charge in [0.2, 0.25) is 0 Å². The molecule has 138 valence electrons. The lowest BCUT2D eigenvalue weighted by atomic mass is 10.2. The molecule has 0 saturated heterocycles. The van der Waals surface area contributed by atoms with E-state index in [1.54, 1.807) is 0 Å². The second kappa shape index (κ2) is 14.3. The molecule has 1 rings (SSSR count). The van der Waals surface area contributed by atoms with Crippen LogP contribution in [0.1, 0.15) is 46.5 Å². The van der Waals surface area contributed by atoms with Gasteiger partial charge < -0.3 is 20.3 Å². The van der Waals surface area contributed by atoms with Crippen LogP contribution in [0.25, 0.3) is 0 Å². The van der Waals surface area contributed by atoms with Crippen LogP contribution in [0.15, 0.2) is 4.99 Å². The van der Waals surface area contributed by atoms with Gasteiger partial charge in [-0.15, -0.1) is 24.0 Å². The SMILES string of the molecule is CCNC(=NCCCOCC1CC1)NCCN(C)C(C)CC.I. The van der Waals surface area contributed by atoms with E-state index in [9.17, 15) is 0 Å². The summed E-state index contributed by atoms with van der Waals surface area (Å²) in [5.74, 6) is 1.77. The number of hydrogen-bond donors (Lipinski definition) is 2. The van der Waals surface area contributed by atoms with Gasteiger partial charge in [0.15, 0.2) is 5.96 Å². The molecule has 23 heavy (non-hydrogen) atoms. The van der Waals surface area contributed by atoms with Crippen molar-refractivity contribution in [2.24, 2.45) is 10.9 Å². The fraction of sp³-hybridized carbons (Fsp3) is 0.941. The number of rotatable bonds is 12. The Labute approximate surface area is 160 Å². The molecule has 1 saturated carbocycles. The largest absolute Gasteiger partial charge is 0.381 e. The van der Waals surface area contributed by atoms with Crippen molar-refractivity contribution in [3.63, 3.8) is 0 Å². The van der Waals surface area contributed by atoms with Crippen LogP contribution in [0.3, 0.4) is 0 Å². The zero-order valence-electron chi connectivity index (χ0n) is 15.4. The standard InChI is InChI=1S/C17H36N4O.HI/c1-5-15(3)21(4)12-11-20-17(18-6-2)19-10-7-13-22-14-16-8-9-16;/h15-16H,5-14H2,1-4H3,(H2,18,19,20);1H. The van der Waals surface area contributed by atoms with Gasteiger partial charge in [-0.2, -0.15) is 0 Å². The van der Waals surface area contributed by atoms with Crippen LogP contribution in [0.5, 0.6) is 0 Å². The first-order valence-electron chi connectivity index (χ1n) is 8.97. The Morgan fingerprint density at radius 1 is 1.30 bits per heavy atom. The van der Waals surface area contributed by atoms with Gasteiger partial charge in [-0.25, -0.2) is 0 Å². The zero-order chi connectivity index (χ0) is 16.2. The number of nitrogens with one attached hydrogen (secondary N) is 2. The topological polar surface area (TPSA) is 48.9 Å². The highest BCUT2D eigenvalue weighted by molar-refractivity contribution is 14.0. The van der Waals surface area contributed by atoms with Crippen molar-refractivity contribution >= 4 is 29.9 Å². The Hall–Kier alpha value is -0.0800. The molecule has 0 bridgehead atoms. The van der Waals surface area contributed by atoms with Crippen molar-refractivity contribution in [1.82, 2.24) is 15.5 Å². The van der Waals surface area contributed by atoms with Crippen molar-refractivity contribution in [3.05, 3.63) is 0 Å². The van der Waals surface area contributed by atoms with Gasteiger partial charge in [-0.3, -0.25) is 4.99 Å². The zero-order valence-corrected chi connectivity index (χ0v) is 17.8. The number of guanidine groups is 1. The van der Waals surface area contributed by atoms with Gasteiger partial charge in [-0.1, -0.05) is 6.92 Å². The smallest absolute Gasteiger partial charge is 0.191 e. The molecule has 1 atom stereocenters. The van der Waals surface area contributed by atoms with Crippen LogP contribution in [-0.4, -0.2) is 63.3 Å². The summed E-state index contributed by atoms with van der Waals surface area (Å²) >= 11 is 0. The molecule has 1 aliphatic rings. The lowest BCUT2D eigenvalue weighted by molar-refractivity contribution is 0.123. The molecule has 6 heteroatoms. The summed E-state index contributed by atoms with van der Waals surface area (Å²) in [5.41, 5.74) is 0. The maximum atomic E-state index is 5.63. The summed E-state index contributed by atoms with van der Waals surface area (Å²) in [5, 5.41) is 6.70. The number of hydrogen-bond acceptors (Lipinski definition) is 3. The molecule has 1 unspecified atom stereocenters. The van der Waals surface area contributed by atoms with E-state index in [4.69, 9.17) is 4.74 Å². The maximum Gasteiger partial charge on any atom is 0.191 e. The summed E-state index contributed by atoms with van der Waals surface area (Å²) in [6.45, 7) is 12.0. The quantitative estimate of drug-likeness (QED) is 0.212. The number of ether oxygens (including phenoxy) is 1. The first-order chi connectivity index (χ1) is 10.7.